The van der Waals surface area contributed by atoms with Crippen molar-refractivity contribution in [1.29, 1.82) is 0 Å². The summed E-state index contributed by atoms with van der Waals surface area (Å²) < 4.78 is 58.2. The number of aromatic nitrogens is 1. The Balaban J connectivity index is 1.42. The molecule has 1 atom stereocenters. The van der Waals surface area contributed by atoms with Crippen molar-refractivity contribution in [2.24, 2.45) is 5.10 Å². The summed E-state index contributed by atoms with van der Waals surface area (Å²) in [6.07, 6.45) is 1.50. The Morgan fingerprint density at radius 2 is 1.44 bits per heavy atom. The number of piperazine rings is 1. The van der Waals surface area contributed by atoms with E-state index in [0.717, 1.165) is 36.8 Å². The molecule has 1 aliphatic heterocycles. The third-order valence-corrected chi connectivity index (χ3v) is 11.2. The Bertz CT molecular complexity index is 1870. The third kappa shape index (κ3) is 6.18. The van der Waals surface area contributed by atoms with Crippen LogP contribution in [-0.4, -0.2) is 67.8 Å². The van der Waals surface area contributed by atoms with E-state index < -0.39 is 32.0 Å². The molecule has 2 heterocycles. The van der Waals surface area contributed by atoms with Gasteiger partial charge in [0.2, 0.25) is 20.0 Å². The average Bonchev–Trinajstić information content (AvgIpc) is 3.29. The summed E-state index contributed by atoms with van der Waals surface area (Å²) in [6, 6.07) is 24.3. The minimum atomic E-state index is -4.11. The molecule has 3 aromatic carbocycles. The van der Waals surface area contributed by atoms with Crippen LogP contribution in [0.2, 0.25) is 0 Å². The molecular formula is C31H33N5O5S2. The Morgan fingerprint density at radius 1 is 0.814 bits per heavy atom. The maximum atomic E-state index is 13.6. The molecule has 1 amide bonds. The van der Waals surface area contributed by atoms with Crippen LogP contribution in [0.5, 0.6) is 0 Å². The first-order chi connectivity index (χ1) is 20.5. The van der Waals surface area contributed by atoms with Crippen LogP contribution in [0.1, 0.15) is 22.5 Å². The molecule has 1 fully saturated rings. The number of carbonyl (C=O) groups is 1. The van der Waals surface area contributed by atoms with E-state index in [-0.39, 0.29) is 29.4 Å². The fourth-order valence-corrected chi connectivity index (χ4v) is 8.30. The van der Waals surface area contributed by atoms with Crippen molar-refractivity contribution in [3.63, 3.8) is 0 Å². The molecule has 224 valence electrons. The van der Waals surface area contributed by atoms with Crippen molar-refractivity contribution in [3.05, 3.63) is 114 Å². The highest BCUT2D eigenvalue weighted by Crippen LogP contribution is 2.26. The van der Waals surface area contributed by atoms with Gasteiger partial charge >= 0.3 is 0 Å². The number of nitrogens with one attached hydrogen (secondary N) is 1. The summed E-state index contributed by atoms with van der Waals surface area (Å²) in [5, 5.41) is 4.15. The zero-order valence-corrected chi connectivity index (χ0v) is 25.7. The molecule has 0 aliphatic carbocycles. The molecule has 4 aromatic rings. The van der Waals surface area contributed by atoms with Crippen LogP contribution in [0.3, 0.4) is 0 Å². The molecule has 10 nitrogen and oxygen atoms in total. The summed E-state index contributed by atoms with van der Waals surface area (Å²) >= 11 is 0. The quantitative estimate of drug-likeness (QED) is 0.239. The highest BCUT2D eigenvalue weighted by atomic mass is 32.2. The maximum absolute atomic E-state index is 13.6. The number of nitrogens with zero attached hydrogens (tertiary/aromatic N) is 4. The van der Waals surface area contributed by atoms with Crippen molar-refractivity contribution in [2.45, 2.75) is 36.6 Å². The molecule has 5 rings (SSSR count). The molecule has 0 radical (unpaired) electrons. The summed E-state index contributed by atoms with van der Waals surface area (Å²) in [4.78, 5) is 13.6. The van der Waals surface area contributed by atoms with Crippen LogP contribution < -0.4 is 5.43 Å². The Morgan fingerprint density at radius 3 is 2.07 bits per heavy atom. The maximum Gasteiger partial charge on any atom is 0.259 e. The van der Waals surface area contributed by atoms with E-state index in [1.54, 1.807) is 36.4 Å². The van der Waals surface area contributed by atoms with Gasteiger partial charge < -0.3 is 4.57 Å². The van der Waals surface area contributed by atoms with Crippen LogP contribution in [0.4, 0.5) is 0 Å². The summed E-state index contributed by atoms with van der Waals surface area (Å²) in [5.74, 6) is -0.740. The molecule has 1 N–H and O–H groups in total. The zero-order valence-electron chi connectivity index (χ0n) is 24.1. The molecular weight excluding hydrogens is 587 g/mol. The van der Waals surface area contributed by atoms with Gasteiger partial charge in [0.1, 0.15) is 6.04 Å². The van der Waals surface area contributed by atoms with E-state index in [1.165, 1.54) is 30.5 Å². The molecule has 1 aromatic heterocycles. The molecule has 1 aliphatic rings. The van der Waals surface area contributed by atoms with E-state index in [1.807, 2.05) is 45.0 Å². The molecule has 0 saturated carbocycles. The largest absolute Gasteiger partial charge is 0.318 e. The number of hydrazone groups is 1. The topological polar surface area (TPSA) is 121 Å². The summed E-state index contributed by atoms with van der Waals surface area (Å²) in [7, 11) is -8.09. The van der Waals surface area contributed by atoms with Gasteiger partial charge in [0.15, 0.2) is 0 Å². The average molecular weight is 620 g/mol. The van der Waals surface area contributed by atoms with Gasteiger partial charge in [-0.2, -0.15) is 13.7 Å². The van der Waals surface area contributed by atoms with Crippen LogP contribution in [-0.2, 0) is 24.8 Å². The van der Waals surface area contributed by atoms with Gasteiger partial charge in [-0.15, -0.1) is 0 Å². The second-order valence-corrected chi connectivity index (χ2v) is 14.2. The van der Waals surface area contributed by atoms with Crippen LogP contribution in [0.25, 0.3) is 5.69 Å². The Kier molecular flexibility index (Phi) is 8.65. The van der Waals surface area contributed by atoms with Crippen LogP contribution >= 0.6 is 0 Å². The summed E-state index contributed by atoms with van der Waals surface area (Å²) in [6.45, 7) is 5.26. The molecule has 0 bridgehead atoms. The number of hydrogen-bond donors (Lipinski definition) is 1. The minimum Gasteiger partial charge on any atom is -0.318 e. The number of sulfonamides is 2. The number of amides is 1. The van der Waals surface area contributed by atoms with Crippen molar-refractivity contribution in [1.82, 2.24) is 18.6 Å². The number of aryl methyl sites for hydroxylation is 2. The molecule has 0 unspecified atom stereocenters. The number of benzene rings is 3. The molecule has 0 spiro atoms. The standard InChI is InChI=1S/C31H33N5O5S2/c1-23-11-10-12-27(19-23)36-24(2)20-26(25(36)3)21-32-33-31(37)30-22-34(42(38,39)28-13-6-4-7-14-28)17-18-35(30)43(40,41)29-15-8-5-9-16-29/h4-16,19-21,30H,17-18,22H2,1-3H3,(H,33,37)/b32-21-/t30-/m1/s1. The Hall–Kier alpha value is -4.10. The zero-order chi connectivity index (χ0) is 30.8. The van der Waals surface area contributed by atoms with Gasteiger partial charge in [0.05, 0.1) is 16.0 Å². The lowest BCUT2D eigenvalue weighted by atomic mass is 10.2. The van der Waals surface area contributed by atoms with E-state index in [9.17, 15) is 21.6 Å². The highest BCUT2D eigenvalue weighted by Gasteiger charge is 2.43. The van der Waals surface area contributed by atoms with Crippen molar-refractivity contribution >= 4 is 32.2 Å². The number of hydrogen-bond acceptors (Lipinski definition) is 6. The predicted octanol–water partition coefficient (Wildman–Crippen LogP) is 3.62. The van der Waals surface area contributed by atoms with Gasteiger partial charge in [-0.1, -0.05) is 48.5 Å². The fourth-order valence-electron chi connectivity index (χ4n) is 5.25. The van der Waals surface area contributed by atoms with E-state index in [2.05, 4.69) is 21.2 Å². The highest BCUT2D eigenvalue weighted by molar-refractivity contribution is 7.89. The summed E-state index contributed by atoms with van der Waals surface area (Å²) in [5.41, 5.74) is 7.25. The van der Waals surface area contributed by atoms with Crippen LogP contribution in [0, 0.1) is 20.8 Å². The minimum absolute atomic E-state index is 0.0132. The van der Waals surface area contributed by atoms with Gasteiger partial charge in [-0.05, 0) is 68.8 Å². The fraction of sp³-hybridized carbons (Fsp3) is 0.226. The lowest BCUT2D eigenvalue weighted by molar-refractivity contribution is -0.125. The van der Waals surface area contributed by atoms with Crippen molar-refractivity contribution in [3.8, 4) is 5.69 Å². The van der Waals surface area contributed by atoms with E-state index >= 15 is 0 Å². The van der Waals surface area contributed by atoms with Gasteiger partial charge in [0, 0.05) is 42.3 Å². The first-order valence-corrected chi connectivity index (χ1v) is 16.6. The molecule has 12 heteroatoms. The first-order valence-electron chi connectivity index (χ1n) is 13.7. The second kappa shape index (κ2) is 12.3. The SMILES string of the molecule is Cc1cccc(-n2c(C)cc(/C=N\NC(=O)[C@H]3CN(S(=O)(=O)c4ccccc4)CCN3S(=O)(=O)c3ccccc3)c2C)c1. The number of carbonyl (C=O) groups excluding carboxylic acids is 1. The smallest absolute Gasteiger partial charge is 0.259 e. The molecule has 43 heavy (non-hydrogen) atoms. The van der Waals surface area contributed by atoms with Crippen molar-refractivity contribution < 1.29 is 21.6 Å². The van der Waals surface area contributed by atoms with E-state index in [0.29, 0.717) is 0 Å². The second-order valence-electron chi connectivity index (χ2n) is 10.4. The lowest BCUT2D eigenvalue weighted by Gasteiger charge is -2.38. The van der Waals surface area contributed by atoms with Crippen LogP contribution in [0.15, 0.2) is 106 Å². The first kappa shape index (κ1) is 30.4. The monoisotopic (exact) mass is 619 g/mol. The molecule has 1 saturated heterocycles. The van der Waals surface area contributed by atoms with Gasteiger partial charge in [-0.3, -0.25) is 4.79 Å². The van der Waals surface area contributed by atoms with Gasteiger partial charge in [0.25, 0.3) is 5.91 Å². The van der Waals surface area contributed by atoms with E-state index in [4.69, 9.17) is 0 Å². The normalized spacial score (nSPS) is 16.9. The Labute approximate surface area is 252 Å². The predicted molar refractivity (Wildman–Crippen MR) is 165 cm³/mol. The lowest BCUT2D eigenvalue weighted by Crippen LogP contribution is -2.60. The number of rotatable bonds is 8. The van der Waals surface area contributed by atoms with Gasteiger partial charge in [-0.25, -0.2) is 22.3 Å². The third-order valence-electron chi connectivity index (χ3n) is 7.44. The van der Waals surface area contributed by atoms with Crippen molar-refractivity contribution in [2.75, 3.05) is 19.6 Å².